The Morgan fingerprint density at radius 1 is 1.00 bits per heavy atom. The van der Waals surface area contributed by atoms with E-state index in [2.05, 4.69) is 41.5 Å². The molecule has 0 saturated carbocycles. The molecule has 154 valence electrons. The molecule has 30 heavy (non-hydrogen) atoms. The molecule has 1 N–H and O–H groups in total. The number of nitrogens with zero attached hydrogens (tertiary/aromatic N) is 2. The van der Waals surface area contributed by atoms with Gasteiger partial charge in [0, 0.05) is 43.6 Å². The predicted molar refractivity (Wildman–Crippen MR) is 118 cm³/mol. The molecule has 0 bridgehead atoms. The number of ether oxygens (including phenoxy) is 1. The van der Waals surface area contributed by atoms with Gasteiger partial charge in [-0.1, -0.05) is 24.3 Å². The second-order valence-corrected chi connectivity index (χ2v) is 7.63. The number of carbonyl (C=O) groups is 1. The number of aromatic nitrogens is 1. The number of hydrogen-bond donors (Lipinski definition) is 1. The first-order valence-electron chi connectivity index (χ1n) is 10.4. The Morgan fingerprint density at radius 3 is 2.40 bits per heavy atom. The third-order valence-corrected chi connectivity index (χ3v) is 5.47. The maximum absolute atomic E-state index is 11.9. The molecule has 1 saturated heterocycles. The van der Waals surface area contributed by atoms with Crippen molar-refractivity contribution in [3.8, 4) is 5.75 Å². The normalized spacial score (nSPS) is 14.7. The van der Waals surface area contributed by atoms with Crippen LogP contribution in [0.25, 0.3) is 0 Å². The highest BCUT2D eigenvalue weighted by molar-refractivity contribution is 5.95. The van der Waals surface area contributed by atoms with Crippen LogP contribution in [0, 0.1) is 0 Å². The summed E-state index contributed by atoms with van der Waals surface area (Å²) in [6, 6.07) is 20.6. The molecule has 1 fully saturated rings. The molecule has 1 unspecified atom stereocenters. The van der Waals surface area contributed by atoms with E-state index in [1.165, 1.54) is 11.1 Å². The average molecular weight is 402 g/mol. The smallest absolute Gasteiger partial charge is 0.227 e. The van der Waals surface area contributed by atoms with E-state index in [0.717, 1.165) is 36.5 Å². The van der Waals surface area contributed by atoms with Crippen molar-refractivity contribution < 1.29 is 9.53 Å². The number of amides is 1. The first-order chi connectivity index (χ1) is 14.7. The zero-order valence-electron chi connectivity index (χ0n) is 17.3. The van der Waals surface area contributed by atoms with Crippen molar-refractivity contribution in [1.82, 2.24) is 10.3 Å². The highest BCUT2D eigenvalue weighted by Gasteiger charge is 2.21. The van der Waals surface area contributed by atoms with Crippen LogP contribution in [0.1, 0.15) is 42.5 Å². The molecule has 1 aliphatic heterocycles. The number of rotatable bonds is 8. The minimum absolute atomic E-state index is 0.218. The number of benzene rings is 2. The average Bonchev–Trinajstić information content (AvgIpc) is 3.23. The van der Waals surface area contributed by atoms with Crippen LogP contribution in [0.3, 0.4) is 0 Å². The molecule has 2 aromatic carbocycles. The standard InChI is InChI=1S/C25H27N3O2/c1-19(22-6-8-23(9-7-22)28-16-2-3-25(28)29)27-17-20-4-10-24(11-5-20)30-18-21-12-14-26-15-13-21/h4-15,19,27H,2-3,16-18H2,1H3. The van der Waals surface area contributed by atoms with Crippen molar-refractivity contribution in [3.05, 3.63) is 89.7 Å². The van der Waals surface area contributed by atoms with Gasteiger partial charge in [0.05, 0.1) is 0 Å². The fourth-order valence-electron chi connectivity index (χ4n) is 3.60. The minimum atomic E-state index is 0.218. The summed E-state index contributed by atoms with van der Waals surface area (Å²) in [4.78, 5) is 17.8. The molecule has 1 amide bonds. The summed E-state index contributed by atoms with van der Waals surface area (Å²) in [6.07, 6.45) is 5.15. The molecule has 2 heterocycles. The van der Waals surface area contributed by atoms with Crippen LogP contribution < -0.4 is 15.0 Å². The number of carbonyl (C=O) groups excluding carboxylic acids is 1. The molecular formula is C25H27N3O2. The van der Waals surface area contributed by atoms with E-state index >= 15 is 0 Å². The van der Waals surface area contributed by atoms with Gasteiger partial charge >= 0.3 is 0 Å². The summed E-state index contributed by atoms with van der Waals surface area (Å²) in [5.41, 5.74) is 4.51. The van der Waals surface area contributed by atoms with Crippen molar-refractivity contribution in [1.29, 1.82) is 0 Å². The number of nitrogens with one attached hydrogen (secondary N) is 1. The monoisotopic (exact) mass is 401 g/mol. The maximum atomic E-state index is 11.9. The Labute approximate surface area is 177 Å². The van der Waals surface area contributed by atoms with E-state index in [-0.39, 0.29) is 11.9 Å². The van der Waals surface area contributed by atoms with Crippen LogP contribution >= 0.6 is 0 Å². The van der Waals surface area contributed by atoms with Gasteiger partial charge < -0.3 is 15.0 Å². The molecule has 5 nitrogen and oxygen atoms in total. The third kappa shape index (κ3) is 5.05. The lowest BCUT2D eigenvalue weighted by atomic mass is 10.1. The molecule has 1 aliphatic rings. The number of pyridine rings is 1. The Bertz CT molecular complexity index is 956. The lowest BCUT2D eigenvalue weighted by molar-refractivity contribution is -0.117. The summed E-state index contributed by atoms with van der Waals surface area (Å²) in [5.74, 6) is 1.08. The van der Waals surface area contributed by atoms with Crippen molar-refractivity contribution in [2.24, 2.45) is 0 Å². The van der Waals surface area contributed by atoms with Crippen LogP contribution in [-0.4, -0.2) is 17.4 Å². The van der Waals surface area contributed by atoms with E-state index < -0.39 is 0 Å². The summed E-state index contributed by atoms with van der Waals surface area (Å²) >= 11 is 0. The predicted octanol–water partition coefficient (Wildman–Crippen LogP) is 4.64. The van der Waals surface area contributed by atoms with Gasteiger partial charge in [-0.15, -0.1) is 0 Å². The van der Waals surface area contributed by atoms with E-state index in [0.29, 0.717) is 13.0 Å². The van der Waals surface area contributed by atoms with E-state index in [1.807, 2.05) is 41.3 Å². The lowest BCUT2D eigenvalue weighted by Crippen LogP contribution is -2.23. The zero-order valence-corrected chi connectivity index (χ0v) is 17.3. The van der Waals surface area contributed by atoms with Crippen LogP contribution in [0.5, 0.6) is 5.75 Å². The summed E-state index contributed by atoms with van der Waals surface area (Å²) in [5, 5.41) is 3.56. The van der Waals surface area contributed by atoms with Gasteiger partial charge in [-0.05, 0) is 66.4 Å². The second-order valence-electron chi connectivity index (χ2n) is 7.63. The minimum Gasteiger partial charge on any atom is -0.489 e. The summed E-state index contributed by atoms with van der Waals surface area (Å²) in [7, 11) is 0. The fraction of sp³-hybridized carbons (Fsp3) is 0.280. The number of hydrogen-bond acceptors (Lipinski definition) is 4. The van der Waals surface area contributed by atoms with Crippen LogP contribution in [0.2, 0.25) is 0 Å². The van der Waals surface area contributed by atoms with Crippen molar-refractivity contribution >= 4 is 11.6 Å². The fourth-order valence-corrected chi connectivity index (χ4v) is 3.60. The van der Waals surface area contributed by atoms with E-state index in [9.17, 15) is 4.79 Å². The molecule has 0 spiro atoms. The Kier molecular flexibility index (Phi) is 6.40. The largest absolute Gasteiger partial charge is 0.489 e. The van der Waals surface area contributed by atoms with Crippen molar-refractivity contribution in [3.63, 3.8) is 0 Å². The van der Waals surface area contributed by atoms with Crippen molar-refractivity contribution in [2.75, 3.05) is 11.4 Å². The molecule has 5 heteroatoms. The van der Waals surface area contributed by atoms with Gasteiger partial charge in [-0.2, -0.15) is 0 Å². The highest BCUT2D eigenvalue weighted by Crippen LogP contribution is 2.24. The first kappa shape index (κ1) is 20.1. The van der Waals surface area contributed by atoms with E-state index in [1.54, 1.807) is 12.4 Å². The SMILES string of the molecule is CC(NCc1ccc(OCc2ccncc2)cc1)c1ccc(N2CCCC2=O)cc1. The number of anilines is 1. The Balaban J connectivity index is 1.27. The Morgan fingerprint density at radius 2 is 1.73 bits per heavy atom. The van der Waals surface area contributed by atoms with Crippen LogP contribution in [0.15, 0.2) is 73.1 Å². The van der Waals surface area contributed by atoms with Crippen LogP contribution in [-0.2, 0) is 17.9 Å². The molecule has 4 rings (SSSR count). The van der Waals surface area contributed by atoms with Crippen molar-refractivity contribution in [2.45, 2.75) is 39.0 Å². The summed E-state index contributed by atoms with van der Waals surface area (Å²) < 4.78 is 5.83. The highest BCUT2D eigenvalue weighted by atomic mass is 16.5. The molecule has 1 aromatic heterocycles. The van der Waals surface area contributed by atoms with Gasteiger partial charge in [-0.25, -0.2) is 0 Å². The van der Waals surface area contributed by atoms with E-state index in [4.69, 9.17) is 4.74 Å². The molecule has 1 atom stereocenters. The molecule has 0 radical (unpaired) electrons. The molecule has 0 aliphatic carbocycles. The van der Waals surface area contributed by atoms with Gasteiger partial charge in [0.15, 0.2) is 0 Å². The maximum Gasteiger partial charge on any atom is 0.227 e. The van der Waals surface area contributed by atoms with Crippen LogP contribution in [0.4, 0.5) is 5.69 Å². The quantitative estimate of drug-likeness (QED) is 0.598. The molecular weight excluding hydrogens is 374 g/mol. The van der Waals surface area contributed by atoms with Gasteiger partial charge in [0.25, 0.3) is 0 Å². The zero-order chi connectivity index (χ0) is 20.8. The Hall–Kier alpha value is -3.18. The van der Waals surface area contributed by atoms with Gasteiger partial charge in [0.1, 0.15) is 12.4 Å². The lowest BCUT2D eigenvalue weighted by Gasteiger charge is -2.18. The molecule has 3 aromatic rings. The topological polar surface area (TPSA) is 54.5 Å². The first-order valence-corrected chi connectivity index (χ1v) is 10.4. The second kappa shape index (κ2) is 9.55. The summed E-state index contributed by atoms with van der Waals surface area (Å²) in [6.45, 7) is 4.30. The third-order valence-electron chi connectivity index (χ3n) is 5.47. The van der Waals surface area contributed by atoms with Gasteiger partial charge in [0.2, 0.25) is 5.91 Å². The van der Waals surface area contributed by atoms with Gasteiger partial charge in [-0.3, -0.25) is 9.78 Å².